The molecule has 1 saturated carbocycles. The van der Waals surface area contributed by atoms with E-state index in [0.29, 0.717) is 23.0 Å². The van der Waals surface area contributed by atoms with E-state index in [9.17, 15) is 4.79 Å². The molecule has 1 aliphatic carbocycles. The highest BCUT2D eigenvalue weighted by molar-refractivity contribution is 9.10. The normalized spacial score (nSPS) is 22.3. The molecule has 5 nitrogen and oxygen atoms in total. The number of nitrogens with zero attached hydrogens (tertiary/aromatic N) is 3. The van der Waals surface area contributed by atoms with Gasteiger partial charge in [-0.2, -0.15) is 5.10 Å². The van der Waals surface area contributed by atoms with Gasteiger partial charge in [0.25, 0.3) is 5.56 Å². The van der Waals surface area contributed by atoms with Gasteiger partial charge < -0.3 is 10.2 Å². The number of likely N-dealkylation sites (N-methyl/N-ethyl adjacent to an activating group) is 1. The van der Waals surface area contributed by atoms with Crippen molar-refractivity contribution in [3.05, 3.63) is 21.0 Å². The van der Waals surface area contributed by atoms with E-state index in [4.69, 9.17) is 0 Å². The van der Waals surface area contributed by atoms with Crippen molar-refractivity contribution in [3.63, 3.8) is 0 Å². The fourth-order valence-electron chi connectivity index (χ4n) is 1.74. The highest BCUT2D eigenvalue weighted by atomic mass is 79.9. The van der Waals surface area contributed by atoms with E-state index in [0.717, 1.165) is 18.7 Å². The van der Waals surface area contributed by atoms with Gasteiger partial charge in [0.2, 0.25) is 0 Å². The maximum absolute atomic E-state index is 12.1. The molecule has 1 aromatic rings. The van der Waals surface area contributed by atoms with Gasteiger partial charge in [-0.3, -0.25) is 4.79 Å². The van der Waals surface area contributed by atoms with Gasteiger partial charge in [-0.25, -0.2) is 4.68 Å². The standard InChI is InChI=1S/C12H19BrN4O/c1-8-6-9(8)15-10-7-14-17(5-4-16(2)3)12(18)11(10)13/h7-9,15H,4-6H2,1-3H3. The van der Waals surface area contributed by atoms with Gasteiger partial charge in [0, 0.05) is 12.6 Å². The predicted molar refractivity (Wildman–Crippen MR) is 75.9 cm³/mol. The molecule has 2 unspecified atom stereocenters. The van der Waals surface area contributed by atoms with Gasteiger partial charge in [0.1, 0.15) is 4.47 Å². The third kappa shape index (κ3) is 3.11. The van der Waals surface area contributed by atoms with Crippen LogP contribution in [-0.2, 0) is 6.54 Å². The first-order valence-corrected chi connectivity index (χ1v) is 6.95. The predicted octanol–water partition coefficient (Wildman–Crippen LogP) is 1.39. The smallest absolute Gasteiger partial charge is 0.283 e. The molecule has 0 aliphatic heterocycles. The molecule has 0 saturated heterocycles. The van der Waals surface area contributed by atoms with Crippen LogP contribution in [-0.4, -0.2) is 41.4 Å². The summed E-state index contributed by atoms with van der Waals surface area (Å²) in [6.07, 6.45) is 2.89. The van der Waals surface area contributed by atoms with Crippen molar-refractivity contribution in [2.24, 2.45) is 5.92 Å². The largest absolute Gasteiger partial charge is 0.380 e. The molecule has 0 amide bonds. The lowest BCUT2D eigenvalue weighted by Crippen LogP contribution is -2.29. The first-order chi connectivity index (χ1) is 8.49. The van der Waals surface area contributed by atoms with Crippen molar-refractivity contribution in [1.82, 2.24) is 14.7 Å². The maximum Gasteiger partial charge on any atom is 0.283 e. The Balaban J connectivity index is 2.11. The Bertz CT molecular complexity index is 485. The van der Waals surface area contributed by atoms with Gasteiger partial charge >= 0.3 is 0 Å². The topological polar surface area (TPSA) is 50.2 Å². The van der Waals surface area contributed by atoms with Crippen LogP contribution in [0.5, 0.6) is 0 Å². The first-order valence-electron chi connectivity index (χ1n) is 6.16. The lowest BCUT2D eigenvalue weighted by atomic mass is 10.4. The van der Waals surface area contributed by atoms with Gasteiger partial charge in [0.05, 0.1) is 18.4 Å². The molecule has 1 fully saturated rings. The number of aromatic nitrogens is 2. The Morgan fingerprint density at radius 2 is 2.28 bits per heavy atom. The molecule has 0 radical (unpaired) electrons. The van der Waals surface area contributed by atoms with E-state index in [1.807, 2.05) is 19.0 Å². The molecule has 100 valence electrons. The minimum atomic E-state index is -0.0739. The van der Waals surface area contributed by atoms with Crippen LogP contribution >= 0.6 is 15.9 Å². The second-order valence-corrected chi connectivity index (χ2v) is 5.96. The zero-order chi connectivity index (χ0) is 13.3. The average molecular weight is 315 g/mol. The third-order valence-corrected chi connectivity index (χ3v) is 3.96. The van der Waals surface area contributed by atoms with Gasteiger partial charge in [0.15, 0.2) is 0 Å². The molecule has 1 aliphatic rings. The molecule has 2 rings (SSSR count). The van der Waals surface area contributed by atoms with E-state index in [1.165, 1.54) is 4.68 Å². The fourth-order valence-corrected chi connectivity index (χ4v) is 2.16. The highest BCUT2D eigenvalue weighted by Gasteiger charge is 2.33. The number of rotatable bonds is 5. The number of halogens is 1. The zero-order valence-corrected chi connectivity index (χ0v) is 12.6. The number of hydrogen-bond acceptors (Lipinski definition) is 4. The molecule has 0 aromatic carbocycles. The third-order valence-electron chi connectivity index (χ3n) is 3.19. The lowest BCUT2D eigenvalue weighted by molar-refractivity contribution is 0.367. The fraction of sp³-hybridized carbons (Fsp3) is 0.667. The summed E-state index contributed by atoms with van der Waals surface area (Å²) in [6, 6.07) is 0.486. The molecular formula is C12H19BrN4O. The molecule has 0 spiro atoms. The summed E-state index contributed by atoms with van der Waals surface area (Å²) in [5.41, 5.74) is 0.727. The minimum Gasteiger partial charge on any atom is -0.380 e. The molecule has 1 heterocycles. The van der Waals surface area contributed by atoms with Crippen molar-refractivity contribution in [2.45, 2.75) is 25.9 Å². The van der Waals surface area contributed by atoms with Crippen molar-refractivity contribution >= 4 is 21.6 Å². The maximum atomic E-state index is 12.1. The van der Waals surface area contributed by atoms with E-state index in [1.54, 1.807) is 6.20 Å². The number of anilines is 1. The molecule has 2 atom stereocenters. The lowest BCUT2D eigenvalue weighted by Gasteiger charge is -2.12. The molecule has 1 N–H and O–H groups in total. The molecule has 0 bridgehead atoms. The van der Waals surface area contributed by atoms with Gasteiger partial charge in [-0.05, 0) is 42.4 Å². The van der Waals surface area contributed by atoms with Crippen molar-refractivity contribution in [3.8, 4) is 0 Å². The highest BCUT2D eigenvalue weighted by Crippen LogP contribution is 2.33. The minimum absolute atomic E-state index is 0.0739. The quantitative estimate of drug-likeness (QED) is 0.892. The zero-order valence-electron chi connectivity index (χ0n) is 11.0. The second kappa shape index (κ2) is 5.40. The van der Waals surface area contributed by atoms with Crippen LogP contribution in [0.3, 0.4) is 0 Å². The van der Waals surface area contributed by atoms with Crippen molar-refractivity contribution in [2.75, 3.05) is 26.0 Å². The van der Waals surface area contributed by atoms with Crippen LogP contribution in [0, 0.1) is 5.92 Å². The Kier molecular flexibility index (Phi) is 4.07. The van der Waals surface area contributed by atoms with E-state index in [-0.39, 0.29) is 5.56 Å². The van der Waals surface area contributed by atoms with Crippen LogP contribution in [0.4, 0.5) is 5.69 Å². The van der Waals surface area contributed by atoms with Crippen LogP contribution in [0.1, 0.15) is 13.3 Å². The average Bonchev–Trinajstić information content (AvgIpc) is 3.00. The SMILES string of the molecule is CC1CC1Nc1cnn(CCN(C)C)c(=O)c1Br. The van der Waals surface area contributed by atoms with Crippen LogP contribution in [0.25, 0.3) is 0 Å². The van der Waals surface area contributed by atoms with Crippen molar-refractivity contribution < 1.29 is 0 Å². The summed E-state index contributed by atoms with van der Waals surface area (Å²) in [7, 11) is 3.95. The Morgan fingerprint density at radius 3 is 2.83 bits per heavy atom. The summed E-state index contributed by atoms with van der Waals surface area (Å²) in [6.45, 7) is 3.59. The molecule has 1 aromatic heterocycles. The monoisotopic (exact) mass is 314 g/mol. The summed E-state index contributed by atoms with van der Waals surface area (Å²) in [5.74, 6) is 0.688. The van der Waals surface area contributed by atoms with Gasteiger partial charge in [-0.1, -0.05) is 6.92 Å². The number of nitrogens with one attached hydrogen (secondary N) is 1. The van der Waals surface area contributed by atoms with Gasteiger partial charge in [-0.15, -0.1) is 0 Å². The summed E-state index contributed by atoms with van der Waals surface area (Å²) >= 11 is 3.36. The van der Waals surface area contributed by atoms with Crippen LogP contribution in [0.2, 0.25) is 0 Å². The second-order valence-electron chi connectivity index (χ2n) is 5.17. The Hall–Kier alpha value is -0.880. The number of hydrogen-bond donors (Lipinski definition) is 1. The van der Waals surface area contributed by atoms with E-state index >= 15 is 0 Å². The summed E-state index contributed by atoms with van der Waals surface area (Å²) in [5, 5.41) is 7.54. The van der Waals surface area contributed by atoms with Crippen LogP contribution < -0.4 is 10.9 Å². The molecule has 18 heavy (non-hydrogen) atoms. The van der Waals surface area contributed by atoms with E-state index in [2.05, 4.69) is 33.3 Å². The Labute approximate surface area is 115 Å². The summed E-state index contributed by atoms with van der Waals surface area (Å²) in [4.78, 5) is 14.1. The summed E-state index contributed by atoms with van der Waals surface area (Å²) < 4.78 is 2.07. The van der Waals surface area contributed by atoms with Crippen LogP contribution in [0.15, 0.2) is 15.5 Å². The molecule has 6 heteroatoms. The van der Waals surface area contributed by atoms with Crippen molar-refractivity contribution in [1.29, 1.82) is 0 Å². The Morgan fingerprint density at radius 1 is 1.61 bits per heavy atom. The first kappa shape index (κ1) is 13.5. The molecular weight excluding hydrogens is 296 g/mol. The van der Waals surface area contributed by atoms with E-state index < -0.39 is 0 Å².